The van der Waals surface area contributed by atoms with Crippen molar-refractivity contribution in [2.24, 2.45) is 0 Å². The van der Waals surface area contributed by atoms with E-state index in [0.717, 1.165) is 5.69 Å². The van der Waals surface area contributed by atoms with E-state index in [1.54, 1.807) is 12.3 Å². The molecule has 1 atom stereocenters. The average molecular weight is 151 g/mol. The lowest BCUT2D eigenvalue weighted by Gasteiger charge is -2.06. The third-order valence-electron chi connectivity index (χ3n) is 1.35. The maximum atomic E-state index is 10.0. The molecule has 0 aliphatic rings. The van der Waals surface area contributed by atoms with Crippen LogP contribution < -0.4 is 5.32 Å². The molecule has 4 nitrogen and oxygen atoms in total. The molecule has 1 heterocycles. The van der Waals surface area contributed by atoms with E-state index in [-0.39, 0.29) is 6.04 Å². The maximum absolute atomic E-state index is 10.0. The second-order valence-corrected chi connectivity index (χ2v) is 2.15. The summed E-state index contributed by atoms with van der Waals surface area (Å²) in [6.45, 7) is 1.85. The van der Waals surface area contributed by atoms with Crippen molar-refractivity contribution in [2.45, 2.75) is 13.0 Å². The topological polar surface area (TPSA) is 54.9 Å². The highest BCUT2D eigenvalue weighted by molar-refractivity contribution is 5.47. The van der Waals surface area contributed by atoms with E-state index in [9.17, 15) is 4.79 Å². The minimum atomic E-state index is -0.0683. The Morgan fingerprint density at radius 2 is 2.55 bits per heavy atom. The highest BCUT2D eigenvalue weighted by Gasteiger charge is 2.02. The summed E-state index contributed by atoms with van der Waals surface area (Å²) >= 11 is 0. The van der Waals surface area contributed by atoms with Gasteiger partial charge < -0.3 is 5.32 Å². The minimum absolute atomic E-state index is 0.0683. The maximum Gasteiger partial charge on any atom is 0.207 e. The fourth-order valence-electron chi connectivity index (χ4n) is 0.732. The molecule has 0 spiro atoms. The molecule has 0 aromatic carbocycles. The number of nitrogens with zero attached hydrogens (tertiary/aromatic N) is 2. The number of hydrogen-bond donors (Lipinski definition) is 1. The third kappa shape index (κ3) is 2.00. The van der Waals surface area contributed by atoms with E-state index in [1.807, 2.05) is 13.0 Å². The summed E-state index contributed by atoms with van der Waals surface area (Å²) < 4.78 is 0. The second kappa shape index (κ2) is 3.65. The summed E-state index contributed by atoms with van der Waals surface area (Å²) in [4.78, 5) is 10.0. The molecule has 0 saturated carbocycles. The van der Waals surface area contributed by atoms with Gasteiger partial charge in [-0.25, -0.2) is 0 Å². The monoisotopic (exact) mass is 151 g/mol. The average Bonchev–Trinajstić information content (AvgIpc) is 2.07. The van der Waals surface area contributed by atoms with E-state index < -0.39 is 0 Å². The van der Waals surface area contributed by atoms with Crippen LogP contribution in [0.5, 0.6) is 0 Å². The van der Waals surface area contributed by atoms with Gasteiger partial charge in [-0.3, -0.25) is 4.79 Å². The number of nitrogens with one attached hydrogen (secondary N) is 1. The van der Waals surface area contributed by atoms with Crippen molar-refractivity contribution in [3.63, 3.8) is 0 Å². The Hall–Kier alpha value is -1.45. The molecule has 58 valence electrons. The van der Waals surface area contributed by atoms with Gasteiger partial charge in [0.15, 0.2) is 0 Å². The Morgan fingerprint density at radius 1 is 1.73 bits per heavy atom. The molecule has 0 fully saturated rings. The van der Waals surface area contributed by atoms with E-state index in [1.165, 1.54) is 0 Å². The first-order valence-corrected chi connectivity index (χ1v) is 3.32. The van der Waals surface area contributed by atoms with Crippen molar-refractivity contribution >= 4 is 6.41 Å². The van der Waals surface area contributed by atoms with Crippen molar-refractivity contribution in [1.29, 1.82) is 0 Å². The summed E-state index contributed by atoms with van der Waals surface area (Å²) in [5, 5.41) is 10.1. The van der Waals surface area contributed by atoms with Gasteiger partial charge in [0, 0.05) is 6.20 Å². The molecular weight excluding hydrogens is 142 g/mol. The number of hydrogen-bond acceptors (Lipinski definition) is 3. The van der Waals surface area contributed by atoms with Crippen LogP contribution in [0, 0.1) is 0 Å². The molecule has 4 heteroatoms. The van der Waals surface area contributed by atoms with Crippen molar-refractivity contribution < 1.29 is 4.79 Å². The Bertz CT molecular complexity index is 224. The van der Waals surface area contributed by atoms with Crippen LogP contribution in [-0.2, 0) is 4.79 Å². The molecule has 11 heavy (non-hydrogen) atoms. The molecule has 0 aliphatic heterocycles. The molecule has 0 saturated heterocycles. The number of carbonyl (C=O) groups excluding carboxylic acids is 1. The number of carbonyl (C=O) groups is 1. The highest BCUT2D eigenvalue weighted by Crippen LogP contribution is 2.04. The molecule has 0 radical (unpaired) electrons. The van der Waals surface area contributed by atoms with Gasteiger partial charge in [0.2, 0.25) is 6.41 Å². The predicted molar refractivity (Wildman–Crippen MR) is 39.6 cm³/mol. The largest absolute Gasteiger partial charge is 0.351 e. The number of aromatic nitrogens is 2. The van der Waals surface area contributed by atoms with Crippen molar-refractivity contribution in [2.75, 3.05) is 0 Å². The van der Waals surface area contributed by atoms with Gasteiger partial charge in [0.1, 0.15) is 0 Å². The van der Waals surface area contributed by atoms with Gasteiger partial charge in [0.05, 0.1) is 11.7 Å². The van der Waals surface area contributed by atoms with Crippen LogP contribution in [0.4, 0.5) is 0 Å². The summed E-state index contributed by atoms with van der Waals surface area (Å²) in [6.07, 6.45) is 2.25. The summed E-state index contributed by atoms with van der Waals surface area (Å²) in [7, 11) is 0. The Labute approximate surface area is 64.6 Å². The van der Waals surface area contributed by atoms with Crippen molar-refractivity contribution in [3.05, 3.63) is 24.0 Å². The van der Waals surface area contributed by atoms with Crippen LogP contribution in [-0.4, -0.2) is 16.6 Å². The smallest absolute Gasteiger partial charge is 0.207 e. The van der Waals surface area contributed by atoms with Gasteiger partial charge in [-0.05, 0) is 19.1 Å². The van der Waals surface area contributed by atoms with Crippen LogP contribution in [0.1, 0.15) is 18.7 Å². The molecule has 0 bridgehead atoms. The van der Waals surface area contributed by atoms with Gasteiger partial charge in [-0.15, -0.1) is 0 Å². The van der Waals surface area contributed by atoms with Crippen LogP contribution in [0.2, 0.25) is 0 Å². The van der Waals surface area contributed by atoms with Crippen LogP contribution in [0.15, 0.2) is 18.3 Å². The lowest BCUT2D eigenvalue weighted by atomic mass is 10.2. The summed E-state index contributed by atoms with van der Waals surface area (Å²) in [5.74, 6) is 0. The van der Waals surface area contributed by atoms with Crippen LogP contribution >= 0.6 is 0 Å². The van der Waals surface area contributed by atoms with E-state index in [0.29, 0.717) is 6.41 Å². The molecular formula is C7H9N3O. The highest BCUT2D eigenvalue weighted by atomic mass is 16.1. The molecule has 1 amide bonds. The van der Waals surface area contributed by atoms with Gasteiger partial charge in [-0.1, -0.05) is 0 Å². The van der Waals surface area contributed by atoms with E-state index in [4.69, 9.17) is 0 Å². The number of rotatable bonds is 3. The number of amides is 1. The van der Waals surface area contributed by atoms with Crippen molar-refractivity contribution in [3.8, 4) is 0 Å². The fraction of sp³-hybridized carbons (Fsp3) is 0.286. The predicted octanol–water partition coefficient (Wildman–Crippen LogP) is 0.284. The first-order chi connectivity index (χ1) is 5.34. The van der Waals surface area contributed by atoms with Gasteiger partial charge in [-0.2, -0.15) is 10.2 Å². The van der Waals surface area contributed by atoms with E-state index in [2.05, 4.69) is 15.5 Å². The minimum Gasteiger partial charge on any atom is -0.351 e. The van der Waals surface area contributed by atoms with Crippen LogP contribution in [0.3, 0.4) is 0 Å². The normalized spacial score (nSPS) is 12.1. The molecule has 1 unspecified atom stereocenters. The molecule has 0 aliphatic carbocycles. The summed E-state index contributed by atoms with van der Waals surface area (Å²) in [5.41, 5.74) is 0.764. The lowest BCUT2D eigenvalue weighted by Crippen LogP contribution is -2.17. The Morgan fingerprint density at radius 3 is 3.09 bits per heavy atom. The van der Waals surface area contributed by atoms with Gasteiger partial charge in [0.25, 0.3) is 0 Å². The standard InChI is InChI=1S/C7H9N3O/c1-6(8-5-11)7-3-2-4-9-10-7/h2-6H,1H3,(H,8,11). The third-order valence-corrected chi connectivity index (χ3v) is 1.35. The Kier molecular flexibility index (Phi) is 2.54. The van der Waals surface area contributed by atoms with E-state index >= 15 is 0 Å². The molecule has 1 aromatic heterocycles. The fourth-order valence-corrected chi connectivity index (χ4v) is 0.732. The molecule has 1 rings (SSSR count). The molecule has 1 aromatic rings. The Balaban J connectivity index is 2.68. The zero-order valence-electron chi connectivity index (χ0n) is 6.19. The molecule has 1 N–H and O–H groups in total. The summed E-state index contributed by atoms with van der Waals surface area (Å²) in [6, 6.07) is 3.53. The van der Waals surface area contributed by atoms with Crippen LogP contribution in [0.25, 0.3) is 0 Å². The SMILES string of the molecule is CC(NC=O)c1cccnn1. The zero-order chi connectivity index (χ0) is 8.10. The van der Waals surface area contributed by atoms with Crippen molar-refractivity contribution in [1.82, 2.24) is 15.5 Å². The van der Waals surface area contributed by atoms with Gasteiger partial charge >= 0.3 is 0 Å². The first kappa shape index (κ1) is 7.65. The second-order valence-electron chi connectivity index (χ2n) is 2.15. The zero-order valence-corrected chi connectivity index (χ0v) is 6.19. The first-order valence-electron chi connectivity index (χ1n) is 3.32. The lowest BCUT2D eigenvalue weighted by molar-refractivity contribution is -0.110. The quantitative estimate of drug-likeness (QED) is 0.631.